The van der Waals surface area contributed by atoms with Crippen molar-refractivity contribution >= 4 is 6.09 Å². The van der Waals surface area contributed by atoms with E-state index in [0.29, 0.717) is 5.92 Å². The van der Waals surface area contributed by atoms with E-state index in [-0.39, 0.29) is 17.0 Å². The Morgan fingerprint density at radius 2 is 1.85 bits per heavy atom. The molecule has 0 aromatic rings. The second-order valence-electron chi connectivity index (χ2n) is 8.14. The fourth-order valence-electron chi connectivity index (χ4n) is 3.24. The summed E-state index contributed by atoms with van der Waals surface area (Å²) in [6.45, 7) is 11.9. The van der Waals surface area contributed by atoms with Gasteiger partial charge in [0.25, 0.3) is 0 Å². The summed E-state index contributed by atoms with van der Waals surface area (Å²) in [5, 5.41) is 0. The standard InChI is InChI=1S/C16H30N2O2/c1-14(2,3)20-13(19)18-10-6-7-12(11-18)15(4,5)16(17)8-9-16/h12H,6-11,17H2,1-5H3. The first-order valence-electron chi connectivity index (χ1n) is 7.82. The quantitative estimate of drug-likeness (QED) is 0.846. The van der Waals surface area contributed by atoms with Crippen LogP contribution in [0.4, 0.5) is 4.79 Å². The lowest BCUT2D eigenvalue weighted by Crippen LogP contribution is -2.52. The number of ether oxygens (including phenoxy) is 1. The number of piperidine rings is 1. The predicted octanol–water partition coefficient (Wildman–Crippen LogP) is 3.15. The zero-order valence-electron chi connectivity index (χ0n) is 13.7. The number of hydrogen-bond acceptors (Lipinski definition) is 3. The lowest BCUT2D eigenvalue weighted by Gasteiger charge is -2.45. The Labute approximate surface area is 123 Å². The van der Waals surface area contributed by atoms with E-state index in [9.17, 15) is 4.79 Å². The van der Waals surface area contributed by atoms with Crippen molar-refractivity contribution in [3.05, 3.63) is 0 Å². The van der Waals surface area contributed by atoms with Gasteiger partial charge in [-0.05, 0) is 57.8 Å². The summed E-state index contributed by atoms with van der Waals surface area (Å²) in [7, 11) is 0. The molecule has 2 fully saturated rings. The molecule has 0 spiro atoms. The number of carbonyl (C=O) groups excluding carboxylic acids is 1. The summed E-state index contributed by atoms with van der Waals surface area (Å²) in [4.78, 5) is 14.1. The van der Waals surface area contributed by atoms with E-state index in [2.05, 4.69) is 13.8 Å². The highest BCUT2D eigenvalue weighted by Gasteiger charge is 2.55. The van der Waals surface area contributed by atoms with Crippen molar-refractivity contribution in [2.24, 2.45) is 17.1 Å². The minimum atomic E-state index is -0.425. The number of rotatable bonds is 2. The average Bonchev–Trinajstić information content (AvgIpc) is 3.07. The third-order valence-corrected chi connectivity index (χ3v) is 5.17. The molecule has 4 nitrogen and oxygen atoms in total. The van der Waals surface area contributed by atoms with Crippen molar-refractivity contribution in [3.63, 3.8) is 0 Å². The first-order chi connectivity index (χ1) is 9.05. The fraction of sp³-hybridized carbons (Fsp3) is 0.938. The van der Waals surface area contributed by atoms with Crippen molar-refractivity contribution in [2.45, 2.75) is 71.4 Å². The van der Waals surface area contributed by atoms with Gasteiger partial charge in [0.1, 0.15) is 5.60 Å². The Kier molecular flexibility index (Phi) is 3.83. The SMILES string of the molecule is CC(C)(C)OC(=O)N1CCCC(C(C)(C)C2(N)CC2)C1. The smallest absolute Gasteiger partial charge is 0.410 e. The van der Waals surface area contributed by atoms with Crippen LogP contribution in [-0.4, -0.2) is 35.2 Å². The molecule has 1 saturated heterocycles. The van der Waals surface area contributed by atoms with Crippen LogP contribution >= 0.6 is 0 Å². The second kappa shape index (κ2) is 4.90. The molecule has 1 aliphatic carbocycles. The van der Waals surface area contributed by atoms with Gasteiger partial charge in [-0.25, -0.2) is 4.79 Å². The van der Waals surface area contributed by atoms with Crippen LogP contribution in [0.1, 0.15) is 60.3 Å². The molecular formula is C16H30N2O2. The molecule has 1 heterocycles. The van der Waals surface area contributed by atoms with E-state index in [1.165, 1.54) is 0 Å². The van der Waals surface area contributed by atoms with Gasteiger partial charge in [-0.1, -0.05) is 13.8 Å². The molecule has 1 atom stereocenters. The zero-order chi connectivity index (χ0) is 15.2. The number of amides is 1. The number of carbonyl (C=O) groups is 1. The summed E-state index contributed by atoms with van der Waals surface area (Å²) in [5.41, 5.74) is 6.09. The van der Waals surface area contributed by atoms with Crippen molar-refractivity contribution in [3.8, 4) is 0 Å². The lowest BCUT2D eigenvalue weighted by atomic mass is 9.68. The van der Waals surface area contributed by atoms with Crippen LogP contribution in [0.5, 0.6) is 0 Å². The molecule has 0 radical (unpaired) electrons. The summed E-state index contributed by atoms with van der Waals surface area (Å²) in [6, 6.07) is 0. The number of likely N-dealkylation sites (tertiary alicyclic amines) is 1. The molecule has 2 rings (SSSR count). The number of hydrogen-bond donors (Lipinski definition) is 1. The molecular weight excluding hydrogens is 252 g/mol. The number of nitrogens with zero attached hydrogens (tertiary/aromatic N) is 1. The highest BCUT2D eigenvalue weighted by atomic mass is 16.6. The monoisotopic (exact) mass is 282 g/mol. The normalized spacial score (nSPS) is 26.3. The van der Waals surface area contributed by atoms with Gasteiger partial charge in [-0.15, -0.1) is 0 Å². The molecule has 1 aliphatic heterocycles. The fourth-order valence-corrected chi connectivity index (χ4v) is 3.24. The molecule has 0 aromatic heterocycles. The van der Waals surface area contributed by atoms with Crippen molar-refractivity contribution in [1.29, 1.82) is 0 Å². The van der Waals surface area contributed by atoms with E-state index in [1.807, 2.05) is 25.7 Å². The summed E-state index contributed by atoms with van der Waals surface area (Å²) < 4.78 is 5.50. The Morgan fingerprint density at radius 1 is 1.25 bits per heavy atom. The van der Waals surface area contributed by atoms with Crippen molar-refractivity contribution in [2.75, 3.05) is 13.1 Å². The summed E-state index contributed by atoms with van der Waals surface area (Å²) >= 11 is 0. The van der Waals surface area contributed by atoms with Crippen molar-refractivity contribution in [1.82, 2.24) is 4.90 Å². The maximum atomic E-state index is 12.2. The molecule has 0 aromatic carbocycles. The highest BCUT2D eigenvalue weighted by Crippen LogP contribution is 2.53. The van der Waals surface area contributed by atoms with Gasteiger partial charge in [0.15, 0.2) is 0 Å². The van der Waals surface area contributed by atoms with Crippen LogP contribution in [0, 0.1) is 11.3 Å². The Bertz CT molecular complexity index is 380. The van der Waals surface area contributed by atoms with Crippen LogP contribution in [0.3, 0.4) is 0 Å². The van der Waals surface area contributed by atoms with Crippen LogP contribution in [0.25, 0.3) is 0 Å². The minimum Gasteiger partial charge on any atom is -0.444 e. The predicted molar refractivity (Wildman–Crippen MR) is 80.5 cm³/mol. The third-order valence-electron chi connectivity index (χ3n) is 5.17. The zero-order valence-corrected chi connectivity index (χ0v) is 13.7. The van der Waals surface area contributed by atoms with Gasteiger partial charge in [0, 0.05) is 18.6 Å². The van der Waals surface area contributed by atoms with Gasteiger partial charge in [0.2, 0.25) is 0 Å². The molecule has 1 amide bonds. The van der Waals surface area contributed by atoms with Crippen LogP contribution in [0.2, 0.25) is 0 Å². The average molecular weight is 282 g/mol. The van der Waals surface area contributed by atoms with Gasteiger partial charge >= 0.3 is 6.09 Å². The van der Waals surface area contributed by atoms with Gasteiger partial charge in [0.05, 0.1) is 0 Å². The number of nitrogens with two attached hydrogens (primary N) is 1. The molecule has 1 unspecified atom stereocenters. The molecule has 4 heteroatoms. The highest BCUT2D eigenvalue weighted by molar-refractivity contribution is 5.68. The van der Waals surface area contributed by atoms with E-state index in [1.54, 1.807) is 0 Å². The van der Waals surface area contributed by atoms with Gasteiger partial charge < -0.3 is 15.4 Å². The molecule has 116 valence electrons. The topological polar surface area (TPSA) is 55.6 Å². The maximum Gasteiger partial charge on any atom is 0.410 e. The molecule has 1 saturated carbocycles. The Hall–Kier alpha value is -0.770. The maximum absolute atomic E-state index is 12.2. The van der Waals surface area contributed by atoms with Crippen LogP contribution in [0.15, 0.2) is 0 Å². The summed E-state index contributed by atoms with van der Waals surface area (Å²) in [5.74, 6) is 0.469. The molecule has 20 heavy (non-hydrogen) atoms. The largest absolute Gasteiger partial charge is 0.444 e. The van der Waals surface area contributed by atoms with E-state index >= 15 is 0 Å². The van der Waals surface area contributed by atoms with E-state index in [4.69, 9.17) is 10.5 Å². The molecule has 2 N–H and O–H groups in total. The molecule has 2 aliphatic rings. The first-order valence-corrected chi connectivity index (χ1v) is 7.82. The van der Waals surface area contributed by atoms with E-state index < -0.39 is 5.60 Å². The Morgan fingerprint density at radius 3 is 2.35 bits per heavy atom. The molecule has 0 bridgehead atoms. The van der Waals surface area contributed by atoms with Crippen LogP contribution in [-0.2, 0) is 4.74 Å². The van der Waals surface area contributed by atoms with Gasteiger partial charge in [-0.3, -0.25) is 0 Å². The second-order valence-corrected chi connectivity index (χ2v) is 8.14. The van der Waals surface area contributed by atoms with Crippen LogP contribution < -0.4 is 5.73 Å². The van der Waals surface area contributed by atoms with Gasteiger partial charge in [-0.2, -0.15) is 0 Å². The van der Waals surface area contributed by atoms with Crippen molar-refractivity contribution < 1.29 is 9.53 Å². The minimum absolute atomic E-state index is 0.0192. The lowest BCUT2D eigenvalue weighted by molar-refractivity contribution is 0.00266. The van der Waals surface area contributed by atoms with E-state index in [0.717, 1.165) is 38.8 Å². The summed E-state index contributed by atoms with van der Waals surface area (Å²) in [6.07, 6.45) is 4.25. The first kappa shape index (κ1) is 15.6. The third kappa shape index (κ3) is 3.11. The Balaban J connectivity index is 2.00.